The lowest BCUT2D eigenvalue weighted by molar-refractivity contribution is -0.126. The highest BCUT2D eigenvalue weighted by Crippen LogP contribution is 2.34. The third kappa shape index (κ3) is 6.13. The van der Waals surface area contributed by atoms with Crippen molar-refractivity contribution in [3.63, 3.8) is 0 Å². The third-order valence-corrected chi connectivity index (χ3v) is 6.46. The van der Waals surface area contributed by atoms with Gasteiger partial charge in [0.1, 0.15) is 5.82 Å². The van der Waals surface area contributed by atoms with Crippen LogP contribution in [-0.2, 0) is 22.6 Å². The molecule has 2 atom stereocenters. The lowest BCUT2D eigenvalue weighted by atomic mass is 10.00. The van der Waals surface area contributed by atoms with Crippen molar-refractivity contribution in [2.24, 2.45) is 0 Å². The maximum absolute atomic E-state index is 13.5. The number of carbonyl (C=O) groups excluding carboxylic acids is 3. The van der Waals surface area contributed by atoms with Crippen molar-refractivity contribution in [3.05, 3.63) is 137 Å². The lowest BCUT2D eigenvalue weighted by Crippen LogP contribution is -2.46. The van der Waals surface area contributed by atoms with Crippen molar-refractivity contribution in [1.82, 2.24) is 10.2 Å². The number of carbonyl (C=O) groups is 3. The summed E-state index contributed by atoms with van der Waals surface area (Å²) in [7, 11) is 0. The van der Waals surface area contributed by atoms with E-state index in [1.165, 1.54) is 17.0 Å². The van der Waals surface area contributed by atoms with E-state index in [4.69, 9.17) is 4.74 Å². The van der Waals surface area contributed by atoms with Crippen LogP contribution in [0.5, 0.6) is 0 Å². The van der Waals surface area contributed by atoms with Crippen molar-refractivity contribution in [2.75, 3.05) is 5.32 Å². The highest BCUT2D eigenvalue weighted by Gasteiger charge is 2.46. The number of hydrogen-bond donors (Lipinski definition) is 2. The van der Waals surface area contributed by atoms with Gasteiger partial charge < -0.3 is 15.4 Å². The van der Waals surface area contributed by atoms with Crippen LogP contribution in [-0.4, -0.2) is 28.8 Å². The number of ether oxygens (including phenoxy) is 1. The number of benzene rings is 4. The van der Waals surface area contributed by atoms with Crippen LogP contribution in [0, 0.1) is 5.82 Å². The number of anilines is 1. The van der Waals surface area contributed by atoms with Gasteiger partial charge in [-0.1, -0.05) is 72.8 Å². The van der Waals surface area contributed by atoms with E-state index in [-0.39, 0.29) is 24.8 Å². The fraction of sp³-hybridized carbons (Fsp3) is 0.129. The molecule has 0 spiro atoms. The Balaban J connectivity index is 1.36. The Labute approximate surface area is 225 Å². The van der Waals surface area contributed by atoms with Gasteiger partial charge in [0.2, 0.25) is 5.91 Å². The largest absolute Gasteiger partial charge is 0.438 e. The molecule has 196 valence electrons. The Bertz CT molecular complexity index is 1450. The first-order valence-electron chi connectivity index (χ1n) is 12.5. The van der Waals surface area contributed by atoms with Crippen LogP contribution in [0.1, 0.15) is 33.2 Å². The van der Waals surface area contributed by atoms with Crippen molar-refractivity contribution in [3.8, 4) is 0 Å². The first-order chi connectivity index (χ1) is 19.0. The molecule has 0 saturated carbocycles. The molecule has 1 fully saturated rings. The van der Waals surface area contributed by atoms with Crippen LogP contribution in [0.25, 0.3) is 0 Å². The molecule has 39 heavy (non-hydrogen) atoms. The Morgan fingerprint density at radius 1 is 0.795 bits per heavy atom. The van der Waals surface area contributed by atoms with Crippen LogP contribution < -0.4 is 10.6 Å². The van der Waals surface area contributed by atoms with Gasteiger partial charge in [-0.05, 0) is 53.1 Å². The maximum atomic E-state index is 13.5. The topological polar surface area (TPSA) is 87.7 Å². The molecule has 5 rings (SSSR count). The van der Waals surface area contributed by atoms with E-state index >= 15 is 0 Å². The number of hydrogen-bond acceptors (Lipinski definition) is 4. The molecule has 4 aromatic carbocycles. The second-order valence-electron chi connectivity index (χ2n) is 9.15. The molecule has 1 aliphatic heterocycles. The first-order valence-corrected chi connectivity index (χ1v) is 12.5. The van der Waals surface area contributed by atoms with E-state index in [1.807, 2.05) is 36.4 Å². The van der Waals surface area contributed by atoms with E-state index in [0.717, 1.165) is 11.1 Å². The summed E-state index contributed by atoms with van der Waals surface area (Å²) in [6, 6.07) is 30.0. The molecular formula is C31H26FN3O4. The zero-order valence-electron chi connectivity index (χ0n) is 20.9. The highest BCUT2D eigenvalue weighted by molar-refractivity contribution is 6.04. The first kappa shape index (κ1) is 25.7. The van der Waals surface area contributed by atoms with Crippen LogP contribution in [0.15, 0.2) is 109 Å². The summed E-state index contributed by atoms with van der Waals surface area (Å²) < 4.78 is 19.0. The molecular weight excluding hydrogens is 497 g/mol. The number of rotatable bonds is 8. The zero-order chi connectivity index (χ0) is 27.2. The second kappa shape index (κ2) is 11.6. The summed E-state index contributed by atoms with van der Waals surface area (Å²) in [6.45, 7) is 0.357. The Morgan fingerprint density at radius 3 is 2.10 bits per heavy atom. The molecule has 0 unspecified atom stereocenters. The molecule has 0 aliphatic carbocycles. The number of nitrogens with zero attached hydrogens (tertiary/aromatic N) is 1. The minimum atomic E-state index is -0.942. The molecule has 8 heteroatoms. The van der Waals surface area contributed by atoms with E-state index in [0.29, 0.717) is 16.8 Å². The van der Waals surface area contributed by atoms with E-state index in [2.05, 4.69) is 10.6 Å². The fourth-order valence-corrected chi connectivity index (χ4v) is 4.44. The SMILES string of the molecule is O=C(Nc1ccc([C@@H]2OC(=O)N(Cc3ccccc3)[C@@H]2C(=O)NCc2ccc(F)cc2)cc1)c1ccccc1. The van der Waals surface area contributed by atoms with Gasteiger partial charge in [0.15, 0.2) is 12.1 Å². The van der Waals surface area contributed by atoms with Crippen molar-refractivity contribution in [1.29, 1.82) is 0 Å². The molecule has 0 radical (unpaired) electrons. The number of nitrogens with one attached hydrogen (secondary N) is 2. The van der Waals surface area contributed by atoms with Crippen molar-refractivity contribution in [2.45, 2.75) is 25.2 Å². The smallest absolute Gasteiger partial charge is 0.411 e. The molecule has 1 saturated heterocycles. The highest BCUT2D eigenvalue weighted by atomic mass is 19.1. The maximum Gasteiger partial charge on any atom is 0.411 e. The minimum Gasteiger partial charge on any atom is -0.438 e. The molecule has 3 amide bonds. The van der Waals surface area contributed by atoms with Crippen LogP contribution in [0.3, 0.4) is 0 Å². The molecule has 4 aromatic rings. The molecule has 1 aliphatic rings. The Hall–Kier alpha value is -4.98. The van der Waals surface area contributed by atoms with Crippen LogP contribution in [0.2, 0.25) is 0 Å². The summed E-state index contributed by atoms with van der Waals surface area (Å²) in [5.74, 6) is -1.01. The number of amides is 3. The van der Waals surface area contributed by atoms with Gasteiger partial charge in [0.25, 0.3) is 5.91 Å². The quantitative estimate of drug-likeness (QED) is 0.321. The number of cyclic esters (lactones) is 1. The third-order valence-electron chi connectivity index (χ3n) is 6.46. The fourth-order valence-electron chi connectivity index (χ4n) is 4.44. The van der Waals surface area contributed by atoms with Gasteiger partial charge in [0, 0.05) is 17.8 Å². The second-order valence-corrected chi connectivity index (χ2v) is 9.15. The summed E-state index contributed by atoms with van der Waals surface area (Å²) in [4.78, 5) is 40.4. The summed E-state index contributed by atoms with van der Waals surface area (Å²) in [6.07, 6.45) is -1.47. The van der Waals surface area contributed by atoms with Gasteiger partial charge in [0.05, 0.1) is 6.54 Å². The van der Waals surface area contributed by atoms with Crippen LogP contribution in [0.4, 0.5) is 14.9 Å². The minimum absolute atomic E-state index is 0.167. The molecule has 1 heterocycles. The van der Waals surface area contributed by atoms with Gasteiger partial charge in [-0.2, -0.15) is 0 Å². The summed E-state index contributed by atoms with van der Waals surface area (Å²) in [5, 5.41) is 5.70. The van der Waals surface area contributed by atoms with Gasteiger partial charge in [-0.25, -0.2) is 9.18 Å². The van der Waals surface area contributed by atoms with Gasteiger partial charge >= 0.3 is 6.09 Å². The summed E-state index contributed by atoms with van der Waals surface area (Å²) in [5.41, 5.74) is 3.28. The zero-order valence-corrected chi connectivity index (χ0v) is 20.9. The van der Waals surface area contributed by atoms with E-state index in [9.17, 15) is 18.8 Å². The van der Waals surface area contributed by atoms with E-state index in [1.54, 1.807) is 60.7 Å². The van der Waals surface area contributed by atoms with E-state index < -0.39 is 24.1 Å². The predicted octanol–water partition coefficient (Wildman–Crippen LogP) is 5.46. The Morgan fingerprint density at radius 2 is 1.44 bits per heavy atom. The predicted molar refractivity (Wildman–Crippen MR) is 144 cm³/mol. The van der Waals surface area contributed by atoms with Gasteiger partial charge in [-0.3, -0.25) is 14.5 Å². The lowest BCUT2D eigenvalue weighted by Gasteiger charge is -2.24. The Kier molecular flexibility index (Phi) is 7.63. The average Bonchev–Trinajstić information content (AvgIpc) is 3.29. The molecule has 0 aromatic heterocycles. The molecule has 2 N–H and O–H groups in total. The monoisotopic (exact) mass is 523 g/mol. The summed E-state index contributed by atoms with van der Waals surface area (Å²) >= 11 is 0. The normalized spacial score (nSPS) is 16.4. The van der Waals surface area contributed by atoms with Crippen molar-refractivity contribution >= 4 is 23.6 Å². The standard InChI is InChI=1S/C31H26FN3O4/c32-25-15-11-21(12-16-25)19-33-30(37)27-28(39-31(38)35(27)20-22-7-3-1-4-8-22)23-13-17-26(18-14-23)34-29(36)24-9-5-2-6-10-24/h1-18,27-28H,19-20H2,(H,33,37)(H,34,36)/t27-,28-/m0/s1. The average molecular weight is 524 g/mol. The number of halogens is 1. The van der Waals surface area contributed by atoms with Crippen LogP contribution >= 0.6 is 0 Å². The van der Waals surface area contributed by atoms with Crippen molar-refractivity contribution < 1.29 is 23.5 Å². The molecule has 7 nitrogen and oxygen atoms in total. The molecule has 0 bridgehead atoms. The van der Waals surface area contributed by atoms with Gasteiger partial charge in [-0.15, -0.1) is 0 Å².